The van der Waals surface area contributed by atoms with E-state index in [4.69, 9.17) is 0 Å². The van der Waals surface area contributed by atoms with Gasteiger partial charge in [0.15, 0.2) is 0 Å². The zero-order valence-electron chi connectivity index (χ0n) is 2.51. The number of rotatable bonds is 0. The first-order chi connectivity index (χ1) is 2.00. The second kappa shape index (κ2) is 5.23. The van der Waals surface area contributed by atoms with Crippen LogP contribution in [0.25, 0.3) is 0 Å². The van der Waals surface area contributed by atoms with E-state index in [1.165, 1.54) is 0 Å². The fourth-order valence-corrected chi connectivity index (χ4v) is 0. The Balaban J connectivity index is 0. The molecule has 0 aromatic rings. The molecule has 1 nitrogen and oxygen atoms in total. The van der Waals surface area contributed by atoms with Gasteiger partial charge in [-0.3, -0.25) is 0 Å². The summed E-state index contributed by atoms with van der Waals surface area (Å²) in [6.45, 7) is 0. The first-order valence-corrected chi connectivity index (χ1v) is 26.3. The van der Waals surface area contributed by atoms with Gasteiger partial charge in [0.05, 0.1) is 0 Å². The van der Waals surface area contributed by atoms with Crippen molar-refractivity contribution in [2.45, 2.75) is 0 Å². The molecule has 0 aliphatic rings. The molecule has 0 bridgehead atoms. The van der Waals surface area contributed by atoms with Crippen molar-refractivity contribution in [3.8, 4) is 0 Å². The van der Waals surface area contributed by atoms with E-state index in [0.29, 0.717) is 0 Å². The molecular weight excluding hydrogens is 596 g/mol. The van der Waals surface area contributed by atoms with E-state index in [-0.39, 0.29) is 5.48 Å². The van der Waals surface area contributed by atoms with Crippen molar-refractivity contribution in [2.24, 2.45) is 0 Å². The van der Waals surface area contributed by atoms with Crippen molar-refractivity contribution in [1.29, 1.82) is 0 Å². The molecule has 2 N–H and O–H groups in total. The number of halogens is 4. The molecule has 0 atom stereocenters. The Bertz CT molecular complexity index is 23.0. The van der Waals surface area contributed by atoms with Crippen molar-refractivity contribution >= 4 is 80.9 Å². The predicted octanol–water partition coefficient (Wildman–Crippen LogP) is 2.34. The van der Waals surface area contributed by atoms with Gasteiger partial charge in [-0.25, -0.2) is 0 Å². The van der Waals surface area contributed by atoms with Gasteiger partial charge in [0.2, 0.25) is 0 Å². The monoisotopic (exact) mass is 600 g/mol. The normalized spacial score (nSPS) is 10.0. The van der Waals surface area contributed by atoms with Crippen LogP contribution in [0.5, 0.6) is 0 Å². The SMILES string of the molecule is O.[I][Ge]([I])([I])[I]. The third-order valence-electron chi connectivity index (χ3n) is 0. The van der Waals surface area contributed by atoms with Crippen LogP contribution in [0.4, 0.5) is 0 Å². The van der Waals surface area contributed by atoms with Crippen molar-refractivity contribution in [3.63, 3.8) is 0 Å². The van der Waals surface area contributed by atoms with Crippen LogP contribution in [0.15, 0.2) is 0 Å². The molecule has 0 rings (SSSR count). The zero-order chi connectivity index (χ0) is 4.50. The quantitative estimate of drug-likeness (QED) is 0.303. The van der Waals surface area contributed by atoms with Gasteiger partial charge in [-0.05, 0) is 0 Å². The summed E-state index contributed by atoms with van der Waals surface area (Å²) in [6, 6.07) is 0. The zero-order valence-corrected chi connectivity index (χ0v) is 13.2. The van der Waals surface area contributed by atoms with Crippen LogP contribution in [0, 0.1) is 0 Å². The van der Waals surface area contributed by atoms with Crippen molar-refractivity contribution in [3.05, 3.63) is 0 Å². The summed E-state index contributed by atoms with van der Waals surface area (Å²) in [7, 11) is 0. The van der Waals surface area contributed by atoms with Crippen LogP contribution in [-0.4, -0.2) is 5.51 Å². The molecule has 0 radical (unpaired) electrons. The Morgan fingerprint density at radius 2 is 0.833 bits per heavy atom. The van der Waals surface area contributed by atoms with E-state index in [2.05, 4.69) is 80.9 Å². The third-order valence-corrected chi connectivity index (χ3v) is 0. The fraction of sp³-hybridized carbons (Fsp3) is 0. The van der Waals surface area contributed by atoms with E-state index >= 15 is 0 Å². The Morgan fingerprint density at radius 1 is 0.833 bits per heavy atom. The summed E-state index contributed by atoms with van der Waals surface area (Å²) < 4.78 is -1.12. The van der Waals surface area contributed by atoms with Gasteiger partial charge in [-0.2, -0.15) is 0 Å². The third kappa shape index (κ3) is 26.1. The van der Waals surface area contributed by atoms with Gasteiger partial charge in [0, 0.05) is 0 Å². The summed E-state index contributed by atoms with van der Waals surface area (Å²) in [5.74, 6) is 0. The molecule has 6 heavy (non-hydrogen) atoms. The van der Waals surface area contributed by atoms with Gasteiger partial charge in [0.1, 0.15) is 0 Å². The fourth-order valence-electron chi connectivity index (χ4n) is 0. The van der Waals surface area contributed by atoms with E-state index in [1.807, 2.05) is 0 Å². The van der Waals surface area contributed by atoms with Gasteiger partial charge in [-0.1, -0.05) is 0 Å². The molecule has 40 valence electrons. The van der Waals surface area contributed by atoms with E-state index in [9.17, 15) is 0 Å². The second-order valence-corrected chi connectivity index (χ2v) is 100. The molecule has 0 heterocycles. The molecular formula is H2GeI4O. The van der Waals surface area contributed by atoms with Crippen molar-refractivity contribution in [2.75, 3.05) is 0 Å². The van der Waals surface area contributed by atoms with Crippen molar-refractivity contribution in [1.82, 2.24) is 0 Å². The van der Waals surface area contributed by atoms with Crippen LogP contribution in [0.1, 0.15) is 0 Å². The summed E-state index contributed by atoms with van der Waals surface area (Å²) in [5.41, 5.74) is 0. The molecule has 0 fully saturated rings. The minimum absolute atomic E-state index is 0. The Kier molecular flexibility index (Phi) is 10.6. The predicted molar refractivity (Wildman–Crippen MR) is 65.4 cm³/mol. The van der Waals surface area contributed by atoms with Crippen LogP contribution in [-0.2, 0) is 0 Å². The molecule has 0 saturated heterocycles. The first kappa shape index (κ1) is 12.1. The van der Waals surface area contributed by atoms with E-state index in [0.717, 1.165) is 0 Å². The van der Waals surface area contributed by atoms with E-state index in [1.54, 1.807) is 0 Å². The second-order valence-electron chi connectivity index (χ2n) is 0.429. The Labute approximate surface area is 83.9 Å². The summed E-state index contributed by atoms with van der Waals surface area (Å²) in [5, 5.41) is 0. The van der Waals surface area contributed by atoms with Crippen LogP contribution in [0.3, 0.4) is 0 Å². The van der Waals surface area contributed by atoms with Crippen LogP contribution >= 0.6 is 80.9 Å². The molecule has 0 amide bonds. The topological polar surface area (TPSA) is 31.5 Å². The maximum atomic E-state index is 2.53. The number of hydrogen-bond acceptors (Lipinski definition) is 0. The van der Waals surface area contributed by atoms with E-state index < -0.39 is 0.0304 Å². The molecule has 6 heteroatoms. The average molecular weight is 598 g/mol. The van der Waals surface area contributed by atoms with Crippen LogP contribution in [0.2, 0.25) is 0 Å². The van der Waals surface area contributed by atoms with Gasteiger partial charge < -0.3 is 5.48 Å². The van der Waals surface area contributed by atoms with Gasteiger partial charge >= 0.3 is 80.9 Å². The van der Waals surface area contributed by atoms with Crippen LogP contribution < -0.4 is 0 Å². The molecule has 0 aliphatic heterocycles. The first-order valence-electron chi connectivity index (χ1n) is 0.756. The van der Waals surface area contributed by atoms with Gasteiger partial charge in [-0.15, -0.1) is 0 Å². The average Bonchev–Trinajstić information content (AvgIpc) is 0.722. The minimum atomic E-state index is -1.12. The standard InChI is InChI=1S/GeI4.H2O/c2-1(3,4)5;/h;1H2. The molecule has 0 unspecified atom stereocenters. The summed E-state index contributed by atoms with van der Waals surface area (Å²) in [4.78, 5) is 0. The molecule has 0 aromatic carbocycles. The molecule has 0 saturated carbocycles. The van der Waals surface area contributed by atoms with Gasteiger partial charge in [0.25, 0.3) is 0 Å². The molecule has 0 spiro atoms. The van der Waals surface area contributed by atoms with Crippen molar-refractivity contribution < 1.29 is 5.48 Å². The summed E-state index contributed by atoms with van der Waals surface area (Å²) >= 11 is 10.1. The molecule has 0 aliphatic carbocycles. The maximum absolute atomic E-state index is 2.53. The molecule has 0 aromatic heterocycles. The summed E-state index contributed by atoms with van der Waals surface area (Å²) in [6.07, 6.45) is 0. The Hall–Kier alpha value is 3.42. The number of hydrogen-bond donors (Lipinski definition) is 0. The Morgan fingerprint density at radius 3 is 0.833 bits per heavy atom.